The summed E-state index contributed by atoms with van der Waals surface area (Å²) in [6, 6.07) is 4.65. The number of carbonyl (C=O) groups is 1. The molecule has 0 saturated heterocycles. The Balaban J connectivity index is 2.74. The summed E-state index contributed by atoms with van der Waals surface area (Å²) in [4.78, 5) is 11.6. The molecular formula is C12H13F3O3. The van der Waals surface area contributed by atoms with Crippen LogP contribution in [0.15, 0.2) is 24.3 Å². The summed E-state index contributed by atoms with van der Waals surface area (Å²) in [7, 11) is 1.46. The van der Waals surface area contributed by atoms with E-state index in [2.05, 4.69) is 0 Å². The van der Waals surface area contributed by atoms with Crippen LogP contribution in [0.1, 0.15) is 15.9 Å². The molecular weight excluding hydrogens is 249 g/mol. The smallest absolute Gasteiger partial charge is 0.382 e. The minimum absolute atomic E-state index is 0.163. The molecule has 1 aromatic carbocycles. The van der Waals surface area contributed by atoms with Crippen molar-refractivity contribution in [1.29, 1.82) is 0 Å². The molecule has 0 spiro atoms. The lowest BCUT2D eigenvalue weighted by molar-refractivity contribution is -0.137. The van der Waals surface area contributed by atoms with Gasteiger partial charge in [0.2, 0.25) is 0 Å². The fourth-order valence-electron chi connectivity index (χ4n) is 1.36. The fourth-order valence-corrected chi connectivity index (χ4v) is 1.36. The monoisotopic (exact) mass is 262 g/mol. The zero-order chi connectivity index (χ0) is 13.6. The first-order chi connectivity index (χ1) is 8.46. The lowest BCUT2D eigenvalue weighted by atomic mass is 10.0. The van der Waals surface area contributed by atoms with Crippen LogP contribution in [0.25, 0.3) is 0 Å². The Bertz CT molecular complexity index is 402. The number of methoxy groups -OCH3 is 1. The Hall–Kier alpha value is -1.40. The third-order valence-corrected chi connectivity index (χ3v) is 2.20. The van der Waals surface area contributed by atoms with Crippen molar-refractivity contribution in [3.8, 4) is 0 Å². The van der Waals surface area contributed by atoms with Gasteiger partial charge < -0.3 is 9.47 Å². The van der Waals surface area contributed by atoms with Gasteiger partial charge in [0.1, 0.15) is 6.61 Å². The van der Waals surface area contributed by atoms with Crippen LogP contribution in [-0.2, 0) is 15.7 Å². The quantitative estimate of drug-likeness (QED) is 0.584. The van der Waals surface area contributed by atoms with Crippen LogP contribution < -0.4 is 0 Å². The summed E-state index contributed by atoms with van der Waals surface area (Å²) >= 11 is 0. The number of benzene rings is 1. The van der Waals surface area contributed by atoms with Crippen LogP contribution in [-0.4, -0.2) is 32.7 Å². The van der Waals surface area contributed by atoms with E-state index in [4.69, 9.17) is 9.47 Å². The zero-order valence-electron chi connectivity index (χ0n) is 9.79. The molecule has 0 N–H and O–H groups in total. The summed E-state index contributed by atoms with van der Waals surface area (Å²) in [5, 5.41) is 0. The fraction of sp³-hybridized carbons (Fsp3) is 0.417. The maximum Gasteiger partial charge on any atom is 0.417 e. The number of rotatable bonds is 6. The highest BCUT2D eigenvalue weighted by atomic mass is 19.4. The molecule has 0 saturated carbocycles. The molecule has 0 aliphatic heterocycles. The molecule has 18 heavy (non-hydrogen) atoms. The van der Waals surface area contributed by atoms with Crippen molar-refractivity contribution in [2.45, 2.75) is 6.18 Å². The van der Waals surface area contributed by atoms with Crippen LogP contribution in [0.5, 0.6) is 0 Å². The standard InChI is InChI=1S/C12H13F3O3/c1-17-6-7-18-8-11(16)9-4-2-3-5-10(9)12(13,14)15/h2-5H,6-8H2,1H3. The van der Waals surface area contributed by atoms with Gasteiger partial charge in [0.25, 0.3) is 0 Å². The molecule has 0 radical (unpaired) electrons. The molecule has 0 fully saturated rings. The zero-order valence-corrected chi connectivity index (χ0v) is 9.79. The molecule has 0 heterocycles. The van der Waals surface area contributed by atoms with Crippen molar-refractivity contribution in [2.75, 3.05) is 26.9 Å². The Labute approximate surface area is 103 Å². The highest BCUT2D eigenvalue weighted by Gasteiger charge is 2.34. The SMILES string of the molecule is COCCOCC(=O)c1ccccc1C(F)(F)F. The van der Waals surface area contributed by atoms with Gasteiger partial charge in [0.05, 0.1) is 18.8 Å². The molecule has 6 heteroatoms. The molecule has 0 aliphatic carbocycles. The number of halogens is 3. The average Bonchev–Trinajstić information content (AvgIpc) is 2.33. The predicted octanol–water partition coefficient (Wildman–Crippen LogP) is 2.55. The third kappa shape index (κ3) is 4.12. The van der Waals surface area contributed by atoms with E-state index >= 15 is 0 Å². The summed E-state index contributed by atoms with van der Waals surface area (Å²) in [6.45, 7) is 0.0566. The van der Waals surface area contributed by atoms with Crippen LogP contribution in [0.3, 0.4) is 0 Å². The highest BCUT2D eigenvalue weighted by molar-refractivity contribution is 5.98. The summed E-state index contributed by atoms with van der Waals surface area (Å²) in [5.74, 6) is -0.695. The number of ketones is 1. The van der Waals surface area contributed by atoms with Crippen molar-refractivity contribution in [3.05, 3.63) is 35.4 Å². The number of Topliss-reactive ketones (excluding diaryl/α,β-unsaturated/α-hetero) is 1. The van der Waals surface area contributed by atoms with Crippen LogP contribution in [0, 0.1) is 0 Å². The van der Waals surface area contributed by atoms with Gasteiger partial charge in [-0.25, -0.2) is 0 Å². The predicted molar refractivity (Wildman–Crippen MR) is 58.5 cm³/mol. The van der Waals surface area contributed by atoms with Gasteiger partial charge in [0, 0.05) is 12.7 Å². The Morgan fingerprint density at radius 2 is 1.89 bits per heavy atom. The van der Waals surface area contributed by atoms with E-state index in [1.807, 2.05) is 0 Å². The number of hydrogen-bond acceptors (Lipinski definition) is 3. The first-order valence-corrected chi connectivity index (χ1v) is 5.23. The minimum atomic E-state index is -4.54. The first kappa shape index (κ1) is 14.7. The van der Waals surface area contributed by atoms with E-state index in [0.717, 1.165) is 12.1 Å². The third-order valence-electron chi connectivity index (χ3n) is 2.20. The molecule has 3 nitrogen and oxygen atoms in total. The Kier molecular flexibility index (Phi) is 5.30. The molecule has 0 amide bonds. The van der Waals surface area contributed by atoms with Crippen molar-refractivity contribution in [3.63, 3.8) is 0 Å². The number of carbonyl (C=O) groups excluding carboxylic acids is 1. The van der Waals surface area contributed by atoms with Crippen molar-refractivity contribution < 1.29 is 27.4 Å². The highest BCUT2D eigenvalue weighted by Crippen LogP contribution is 2.31. The number of ether oxygens (including phenoxy) is 2. The normalized spacial score (nSPS) is 11.6. The lowest BCUT2D eigenvalue weighted by Gasteiger charge is -2.11. The van der Waals surface area contributed by atoms with Gasteiger partial charge in [-0.3, -0.25) is 4.79 Å². The molecule has 0 aromatic heterocycles. The molecule has 1 rings (SSSR count). The largest absolute Gasteiger partial charge is 0.417 e. The Morgan fingerprint density at radius 3 is 2.50 bits per heavy atom. The van der Waals surface area contributed by atoms with E-state index in [-0.39, 0.29) is 18.8 Å². The number of hydrogen-bond donors (Lipinski definition) is 0. The van der Waals surface area contributed by atoms with Gasteiger partial charge in [-0.15, -0.1) is 0 Å². The van der Waals surface area contributed by atoms with Gasteiger partial charge in [-0.05, 0) is 6.07 Å². The van der Waals surface area contributed by atoms with Crippen LogP contribution in [0.4, 0.5) is 13.2 Å². The van der Waals surface area contributed by atoms with Crippen molar-refractivity contribution >= 4 is 5.78 Å². The van der Waals surface area contributed by atoms with Gasteiger partial charge in [-0.2, -0.15) is 13.2 Å². The van der Waals surface area contributed by atoms with Crippen molar-refractivity contribution in [2.24, 2.45) is 0 Å². The van der Waals surface area contributed by atoms with E-state index in [1.165, 1.54) is 19.2 Å². The van der Waals surface area contributed by atoms with E-state index in [0.29, 0.717) is 0 Å². The maximum absolute atomic E-state index is 12.6. The molecule has 0 aliphatic rings. The molecule has 100 valence electrons. The lowest BCUT2D eigenvalue weighted by Crippen LogP contribution is -2.17. The second-order valence-corrected chi connectivity index (χ2v) is 3.51. The molecule has 1 aromatic rings. The minimum Gasteiger partial charge on any atom is -0.382 e. The van der Waals surface area contributed by atoms with Crippen LogP contribution in [0.2, 0.25) is 0 Å². The Morgan fingerprint density at radius 1 is 1.22 bits per heavy atom. The van der Waals surface area contributed by atoms with Gasteiger partial charge >= 0.3 is 6.18 Å². The van der Waals surface area contributed by atoms with Gasteiger partial charge in [-0.1, -0.05) is 18.2 Å². The summed E-state index contributed by atoms with van der Waals surface area (Å²) in [6.07, 6.45) is -4.54. The second kappa shape index (κ2) is 6.51. The van der Waals surface area contributed by atoms with E-state index < -0.39 is 24.1 Å². The number of alkyl halides is 3. The molecule has 0 atom stereocenters. The summed E-state index contributed by atoms with van der Waals surface area (Å²) in [5.41, 5.74) is -1.31. The van der Waals surface area contributed by atoms with Crippen LogP contribution >= 0.6 is 0 Å². The first-order valence-electron chi connectivity index (χ1n) is 5.23. The van der Waals surface area contributed by atoms with Crippen molar-refractivity contribution in [1.82, 2.24) is 0 Å². The topological polar surface area (TPSA) is 35.5 Å². The summed E-state index contributed by atoms with van der Waals surface area (Å²) < 4.78 is 47.5. The molecule has 0 bridgehead atoms. The average molecular weight is 262 g/mol. The molecule has 0 unspecified atom stereocenters. The van der Waals surface area contributed by atoms with E-state index in [9.17, 15) is 18.0 Å². The van der Waals surface area contributed by atoms with E-state index in [1.54, 1.807) is 0 Å². The van der Waals surface area contributed by atoms with Gasteiger partial charge in [0.15, 0.2) is 5.78 Å². The second-order valence-electron chi connectivity index (χ2n) is 3.51. The maximum atomic E-state index is 12.6.